The first kappa shape index (κ1) is 15.0. The number of carbonyl (C=O) groups excluding carboxylic acids is 2. The van der Waals surface area contributed by atoms with E-state index >= 15 is 0 Å². The lowest BCUT2D eigenvalue weighted by atomic mass is 10.2. The fraction of sp³-hybridized carbons (Fsp3) is 0.0667. The van der Waals surface area contributed by atoms with E-state index in [1.807, 2.05) is 30.3 Å². The number of carbonyl (C=O) groups is 2. The van der Waals surface area contributed by atoms with Crippen molar-refractivity contribution in [2.75, 3.05) is 0 Å². The smallest absolute Gasteiger partial charge is 0.326 e. The monoisotopic (exact) mass is 330 g/mol. The summed E-state index contributed by atoms with van der Waals surface area (Å²) in [4.78, 5) is 30.5. The maximum Gasteiger partial charge on any atom is 0.326 e. The molecule has 1 saturated heterocycles. The van der Waals surface area contributed by atoms with E-state index in [0.717, 1.165) is 5.56 Å². The number of hydrogen-bond donors (Lipinski definition) is 2. The minimum Gasteiger partial charge on any atom is -0.473 e. The number of rotatable bonds is 4. The lowest BCUT2D eigenvalue weighted by Crippen LogP contribution is -2.22. The van der Waals surface area contributed by atoms with Crippen molar-refractivity contribution < 1.29 is 14.3 Å². The summed E-state index contributed by atoms with van der Waals surface area (Å²) in [5.41, 5.74) is 1.41. The normalized spacial score (nSPS) is 15.4. The lowest BCUT2D eigenvalue weighted by molar-refractivity contribution is -0.115. The first-order valence-electron chi connectivity index (χ1n) is 6.65. The summed E-state index contributed by atoms with van der Waals surface area (Å²) in [5.74, 6) is -0.262. The molecule has 116 valence electrons. The number of nitrogens with zero attached hydrogens (tertiary/aromatic N) is 2. The molecule has 1 aliphatic heterocycles. The van der Waals surface area contributed by atoms with Gasteiger partial charge in [-0.25, -0.2) is 9.78 Å². The molecule has 8 heteroatoms. The summed E-state index contributed by atoms with van der Waals surface area (Å²) in [7, 11) is 0. The Morgan fingerprint density at radius 1 is 1.13 bits per heavy atom. The number of halogens is 1. The van der Waals surface area contributed by atoms with Gasteiger partial charge in [0, 0.05) is 6.07 Å². The van der Waals surface area contributed by atoms with Crippen LogP contribution in [0.2, 0.25) is 5.28 Å². The Morgan fingerprint density at radius 2 is 1.91 bits per heavy atom. The molecule has 0 aliphatic carbocycles. The topological polar surface area (TPSA) is 93.2 Å². The van der Waals surface area contributed by atoms with E-state index in [4.69, 9.17) is 16.3 Å². The van der Waals surface area contributed by atoms with Crippen molar-refractivity contribution in [2.24, 2.45) is 0 Å². The molecule has 23 heavy (non-hydrogen) atoms. The van der Waals surface area contributed by atoms with Crippen LogP contribution >= 0.6 is 11.6 Å². The van der Waals surface area contributed by atoms with Crippen LogP contribution in [-0.4, -0.2) is 21.9 Å². The van der Waals surface area contributed by atoms with Crippen LogP contribution in [0.5, 0.6) is 5.88 Å². The van der Waals surface area contributed by atoms with E-state index in [1.165, 1.54) is 12.1 Å². The number of urea groups is 1. The van der Waals surface area contributed by atoms with Crippen molar-refractivity contribution in [2.45, 2.75) is 6.61 Å². The van der Waals surface area contributed by atoms with E-state index in [1.54, 1.807) is 0 Å². The SMILES string of the molecule is O=C1NC(=O)C(=Cc2cc(OCc3ccccc3)nc(Cl)n2)N1. The fourth-order valence-electron chi connectivity index (χ4n) is 1.92. The molecule has 2 aromatic rings. The van der Waals surface area contributed by atoms with Crippen LogP contribution in [0.1, 0.15) is 11.3 Å². The van der Waals surface area contributed by atoms with Gasteiger partial charge in [0.1, 0.15) is 12.3 Å². The number of nitrogens with one attached hydrogen (secondary N) is 2. The summed E-state index contributed by atoms with van der Waals surface area (Å²) >= 11 is 5.86. The van der Waals surface area contributed by atoms with Gasteiger partial charge in [0.05, 0.1) is 5.69 Å². The van der Waals surface area contributed by atoms with Crippen LogP contribution in [0.15, 0.2) is 42.1 Å². The Labute approximate surface area is 136 Å². The molecule has 3 amide bonds. The molecule has 1 aromatic carbocycles. The summed E-state index contributed by atoms with van der Waals surface area (Å²) in [6.45, 7) is 0.321. The fourth-order valence-corrected chi connectivity index (χ4v) is 2.10. The molecule has 7 nitrogen and oxygen atoms in total. The third-order valence-corrected chi connectivity index (χ3v) is 3.11. The molecule has 1 aliphatic rings. The standard InChI is InChI=1S/C15H11ClN4O3/c16-14-17-10(6-11-13(21)20-15(22)18-11)7-12(19-14)23-8-9-4-2-1-3-5-9/h1-7H,8H2,(H2,18,20,21,22). The van der Waals surface area contributed by atoms with Gasteiger partial charge in [-0.3, -0.25) is 10.1 Å². The van der Waals surface area contributed by atoms with E-state index in [0.29, 0.717) is 12.3 Å². The zero-order valence-corrected chi connectivity index (χ0v) is 12.5. The maximum absolute atomic E-state index is 11.5. The number of hydrogen-bond acceptors (Lipinski definition) is 5. The summed E-state index contributed by atoms with van der Waals surface area (Å²) < 4.78 is 5.57. The molecular weight excluding hydrogens is 320 g/mol. The average Bonchev–Trinajstić information content (AvgIpc) is 2.83. The minimum atomic E-state index is -0.582. The zero-order chi connectivity index (χ0) is 16.2. The van der Waals surface area contributed by atoms with Gasteiger partial charge in [-0.05, 0) is 23.2 Å². The quantitative estimate of drug-likeness (QED) is 0.507. The molecule has 0 atom stereocenters. The molecule has 0 radical (unpaired) electrons. The maximum atomic E-state index is 11.5. The highest BCUT2D eigenvalue weighted by Crippen LogP contribution is 2.17. The molecule has 0 bridgehead atoms. The molecule has 0 spiro atoms. The van der Waals surface area contributed by atoms with E-state index in [2.05, 4.69) is 20.6 Å². The predicted molar refractivity (Wildman–Crippen MR) is 82.5 cm³/mol. The number of benzene rings is 1. The van der Waals surface area contributed by atoms with Crippen LogP contribution in [-0.2, 0) is 11.4 Å². The largest absolute Gasteiger partial charge is 0.473 e. The first-order valence-corrected chi connectivity index (χ1v) is 7.03. The lowest BCUT2D eigenvalue weighted by Gasteiger charge is -2.06. The van der Waals surface area contributed by atoms with Crippen LogP contribution in [0.4, 0.5) is 4.79 Å². The van der Waals surface area contributed by atoms with Gasteiger partial charge in [-0.1, -0.05) is 30.3 Å². The number of ether oxygens (including phenoxy) is 1. The molecule has 2 heterocycles. The third-order valence-electron chi connectivity index (χ3n) is 2.94. The third kappa shape index (κ3) is 3.83. The van der Waals surface area contributed by atoms with Crippen molar-refractivity contribution in [3.05, 3.63) is 58.6 Å². The van der Waals surface area contributed by atoms with Gasteiger partial charge in [0.25, 0.3) is 5.91 Å². The minimum absolute atomic E-state index is 0.0212. The highest BCUT2D eigenvalue weighted by Gasteiger charge is 2.23. The molecule has 1 fully saturated rings. The van der Waals surface area contributed by atoms with Crippen molar-refractivity contribution >= 4 is 29.6 Å². The first-order chi connectivity index (χ1) is 11.1. The van der Waals surface area contributed by atoms with Crippen molar-refractivity contribution in [3.63, 3.8) is 0 Å². The van der Waals surface area contributed by atoms with Gasteiger partial charge >= 0.3 is 6.03 Å². The second kappa shape index (κ2) is 6.45. The summed E-state index contributed by atoms with van der Waals surface area (Å²) in [5, 5.41) is 4.44. The number of aromatic nitrogens is 2. The summed E-state index contributed by atoms with van der Waals surface area (Å²) in [6.07, 6.45) is 1.39. The van der Waals surface area contributed by atoms with Gasteiger partial charge in [-0.15, -0.1) is 0 Å². The Hall–Kier alpha value is -2.93. The van der Waals surface area contributed by atoms with E-state index < -0.39 is 11.9 Å². The van der Waals surface area contributed by atoms with Gasteiger partial charge in [0.15, 0.2) is 0 Å². The Morgan fingerprint density at radius 3 is 2.61 bits per heavy atom. The Bertz CT molecular complexity index is 793. The van der Waals surface area contributed by atoms with Crippen LogP contribution < -0.4 is 15.4 Å². The molecule has 3 rings (SSSR count). The zero-order valence-electron chi connectivity index (χ0n) is 11.7. The average molecular weight is 331 g/mol. The van der Waals surface area contributed by atoms with Crippen molar-refractivity contribution in [1.82, 2.24) is 20.6 Å². The predicted octanol–water partition coefficient (Wildman–Crippen LogP) is 1.89. The second-order valence-corrected chi connectivity index (χ2v) is 4.98. The van der Waals surface area contributed by atoms with Crippen LogP contribution in [0.25, 0.3) is 6.08 Å². The van der Waals surface area contributed by atoms with Crippen LogP contribution in [0.3, 0.4) is 0 Å². The summed E-state index contributed by atoms with van der Waals surface area (Å²) in [6, 6.07) is 10.5. The second-order valence-electron chi connectivity index (χ2n) is 4.64. The van der Waals surface area contributed by atoms with Gasteiger partial charge in [0.2, 0.25) is 11.2 Å². The molecule has 0 saturated carbocycles. The molecule has 2 N–H and O–H groups in total. The van der Waals surface area contributed by atoms with Gasteiger partial charge < -0.3 is 10.1 Å². The number of imide groups is 1. The van der Waals surface area contributed by atoms with Gasteiger partial charge in [-0.2, -0.15) is 4.98 Å². The Kier molecular flexibility index (Phi) is 4.20. The van der Waals surface area contributed by atoms with E-state index in [9.17, 15) is 9.59 Å². The van der Waals surface area contributed by atoms with Crippen molar-refractivity contribution in [3.8, 4) is 5.88 Å². The van der Waals surface area contributed by atoms with E-state index in [-0.39, 0.29) is 16.9 Å². The number of amides is 3. The van der Waals surface area contributed by atoms with Crippen molar-refractivity contribution in [1.29, 1.82) is 0 Å². The molecule has 0 unspecified atom stereocenters. The molecular formula is C15H11ClN4O3. The highest BCUT2D eigenvalue weighted by molar-refractivity contribution is 6.28. The highest BCUT2D eigenvalue weighted by atomic mass is 35.5. The molecule has 1 aromatic heterocycles. The Balaban J connectivity index is 1.78. The van der Waals surface area contributed by atoms with Crippen LogP contribution in [0, 0.1) is 0 Å².